The van der Waals surface area contributed by atoms with Crippen LogP contribution >= 0.6 is 11.6 Å². The van der Waals surface area contributed by atoms with Crippen LogP contribution in [-0.4, -0.2) is 12.6 Å². The molecule has 0 aliphatic rings. The summed E-state index contributed by atoms with van der Waals surface area (Å²) < 4.78 is 18.3. The van der Waals surface area contributed by atoms with Gasteiger partial charge in [0.25, 0.3) is 0 Å². The fraction of sp³-hybridized carbons (Fsp3) is 0.250. The minimum atomic E-state index is -0.690. The zero-order valence-corrected chi connectivity index (χ0v) is 11.4. The van der Waals surface area contributed by atoms with E-state index in [9.17, 15) is 9.18 Å². The van der Waals surface area contributed by atoms with Gasteiger partial charge < -0.3 is 10.5 Å². The molecule has 5 nitrogen and oxygen atoms in total. The summed E-state index contributed by atoms with van der Waals surface area (Å²) in [4.78, 5) is 11.3. The molecule has 0 fully saturated rings. The fourth-order valence-corrected chi connectivity index (χ4v) is 1.61. The number of hydrogen-bond donors (Lipinski definition) is 2. The number of esters is 1. The molecule has 0 unspecified atom stereocenters. The van der Waals surface area contributed by atoms with Gasteiger partial charge in [0.1, 0.15) is 11.5 Å². The molecule has 0 aromatic heterocycles. The van der Waals surface area contributed by atoms with Crippen LogP contribution in [0.15, 0.2) is 24.0 Å². The Bertz CT molecular complexity index is 520. The molecular formula is C12H15ClFN3O2. The molecular weight excluding hydrogens is 273 g/mol. The lowest BCUT2D eigenvalue weighted by Gasteiger charge is -2.18. The molecule has 0 radical (unpaired) electrons. The predicted molar refractivity (Wildman–Crippen MR) is 71.7 cm³/mol. The van der Waals surface area contributed by atoms with Gasteiger partial charge in [-0.2, -0.15) is 0 Å². The summed E-state index contributed by atoms with van der Waals surface area (Å²) in [7, 11) is 0. The molecule has 0 amide bonds. The Morgan fingerprint density at radius 2 is 2.21 bits per heavy atom. The van der Waals surface area contributed by atoms with Crippen molar-refractivity contribution in [3.8, 4) is 0 Å². The van der Waals surface area contributed by atoms with E-state index in [-0.39, 0.29) is 22.9 Å². The standard InChI is InChI=1S/C12H15ClFN3O2/c1-3-19-12(18)9(15)6-17(16)10-5-4-8(13)11(14)7(10)2/h4-6H,3,15-16H2,1-2H3/b9-6-. The van der Waals surface area contributed by atoms with Gasteiger partial charge in [0.05, 0.1) is 23.5 Å². The second-order valence-electron chi connectivity index (χ2n) is 3.72. The van der Waals surface area contributed by atoms with E-state index in [2.05, 4.69) is 0 Å². The second-order valence-corrected chi connectivity index (χ2v) is 4.12. The van der Waals surface area contributed by atoms with Crippen LogP contribution < -0.4 is 16.6 Å². The zero-order valence-electron chi connectivity index (χ0n) is 10.6. The summed E-state index contributed by atoms with van der Waals surface area (Å²) in [6.07, 6.45) is 1.16. The number of hydrogen-bond acceptors (Lipinski definition) is 5. The normalized spacial score (nSPS) is 11.3. The van der Waals surface area contributed by atoms with Crippen molar-refractivity contribution in [1.29, 1.82) is 0 Å². The molecule has 4 N–H and O–H groups in total. The summed E-state index contributed by atoms with van der Waals surface area (Å²) in [5.41, 5.74) is 5.92. The number of hydrazine groups is 1. The predicted octanol–water partition coefficient (Wildman–Crippen LogP) is 1.83. The van der Waals surface area contributed by atoms with Crippen LogP contribution in [0, 0.1) is 12.7 Å². The van der Waals surface area contributed by atoms with Crippen LogP contribution in [0.5, 0.6) is 0 Å². The Balaban J connectivity index is 3.01. The maximum absolute atomic E-state index is 13.6. The van der Waals surface area contributed by atoms with Crippen molar-refractivity contribution in [3.63, 3.8) is 0 Å². The third-order valence-corrected chi connectivity index (χ3v) is 2.67. The molecule has 0 aliphatic heterocycles. The summed E-state index contributed by atoms with van der Waals surface area (Å²) in [6, 6.07) is 2.89. The molecule has 0 saturated carbocycles. The number of halogens is 2. The van der Waals surface area contributed by atoms with E-state index in [0.29, 0.717) is 5.69 Å². The summed E-state index contributed by atoms with van der Waals surface area (Å²) >= 11 is 5.64. The molecule has 0 bridgehead atoms. The van der Waals surface area contributed by atoms with Crippen LogP contribution in [0.3, 0.4) is 0 Å². The third-order valence-electron chi connectivity index (χ3n) is 2.38. The highest BCUT2D eigenvalue weighted by molar-refractivity contribution is 6.30. The molecule has 0 atom stereocenters. The van der Waals surface area contributed by atoms with Crippen molar-refractivity contribution in [2.75, 3.05) is 11.6 Å². The Morgan fingerprint density at radius 1 is 1.58 bits per heavy atom. The van der Waals surface area contributed by atoms with E-state index in [1.165, 1.54) is 19.1 Å². The maximum atomic E-state index is 13.6. The molecule has 0 aliphatic carbocycles. The van der Waals surface area contributed by atoms with Gasteiger partial charge in [-0.15, -0.1) is 0 Å². The fourth-order valence-electron chi connectivity index (χ4n) is 1.41. The molecule has 0 spiro atoms. The van der Waals surface area contributed by atoms with E-state index in [0.717, 1.165) is 11.2 Å². The van der Waals surface area contributed by atoms with Crippen LogP contribution in [0.4, 0.5) is 10.1 Å². The number of rotatable bonds is 4. The van der Waals surface area contributed by atoms with Crippen LogP contribution in [0.2, 0.25) is 5.02 Å². The van der Waals surface area contributed by atoms with Gasteiger partial charge >= 0.3 is 5.97 Å². The zero-order chi connectivity index (χ0) is 14.6. The van der Waals surface area contributed by atoms with E-state index in [4.69, 9.17) is 27.9 Å². The number of nitrogens with zero attached hydrogens (tertiary/aromatic N) is 1. The van der Waals surface area contributed by atoms with E-state index >= 15 is 0 Å². The van der Waals surface area contributed by atoms with Crippen molar-refractivity contribution in [2.24, 2.45) is 11.6 Å². The first-order valence-electron chi connectivity index (χ1n) is 5.51. The van der Waals surface area contributed by atoms with Gasteiger partial charge in [0.15, 0.2) is 0 Å². The quantitative estimate of drug-likeness (QED) is 0.382. The molecule has 0 saturated heterocycles. The summed E-state index contributed by atoms with van der Waals surface area (Å²) in [6.45, 7) is 3.38. The molecule has 7 heteroatoms. The van der Waals surface area contributed by atoms with Gasteiger partial charge in [-0.3, -0.25) is 5.01 Å². The average molecular weight is 288 g/mol. The number of carbonyl (C=O) groups is 1. The van der Waals surface area contributed by atoms with Gasteiger partial charge in [-0.1, -0.05) is 11.6 Å². The number of benzene rings is 1. The van der Waals surface area contributed by atoms with Crippen molar-refractivity contribution >= 4 is 23.3 Å². The highest BCUT2D eigenvalue weighted by Gasteiger charge is 2.13. The van der Waals surface area contributed by atoms with Crippen molar-refractivity contribution < 1.29 is 13.9 Å². The van der Waals surface area contributed by atoms with E-state index in [1.54, 1.807) is 6.92 Å². The Hall–Kier alpha value is -1.79. The monoisotopic (exact) mass is 287 g/mol. The lowest BCUT2D eigenvalue weighted by Crippen LogP contribution is -2.29. The lowest BCUT2D eigenvalue weighted by atomic mass is 10.2. The topological polar surface area (TPSA) is 81.6 Å². The molecule has 104 valence electrons. The Kier molecular flexibility index (Phi) is 5.14. The average Bonchev–Trinajstić information content (AvgIpc) is 2.36. The highest BCUT2D eigenvalue weighted by atomic mass is 35.5. The molecule has 1 rings (SSSR count). The summed E-state index contributed by atoms with van der Waals surface area (Å²) in [5, 5.41) is 1.04. The first-order valence-corrected chi connectivity index (χ1v) is 5.89. The van der Waals surface area contributed by atoms with Crippen LogP contribution in [0.1, 0.15) is 12.5 Å². The number of nitrogens with two attached hydrogens (primary N) is 2. The van der Waals surface area contributed by atoms with Crippen LogP contribution in [-0.2, 0) is 9.53 Å². The minimum Gasteiger partial charge on any atom is -0.461 e. The summed E-state index contributed by atoms with van der Waals surface area (Å²) in [5.74, 6) is 4.45. The largest absolute Gasteiger partial charge is 0.461 e. The van der Waals surface area contributed by atoms with Crippen molar-refractivity contribution in [2.45, 2.75) is 13.8 Å². The molecule has 19 heavy (non-hydrogen) atoms. The maximum Gasteiger partial charge on any atom is 0.355 e. The van der Waals surface area contributed by atoms with E-state index < -0.39 is 11.8 Å². The number of carbonyl (C=O) groups excluding carboxylic acids is 1. The lowest BCUT2D eigenvalue weighted by molar-refractivity contribution is -0.138. The smallest absolute Gasteiger partial charge is 0.355 e. The molecule has 0 heterocycles. The first-order chi connectivity index (χ1) is 8.88. The Labute approximate surface area is 115 Å². The SMILES string of the molecule is CCOC(=O)/C(N)=C/N(N)c1ccc(Cl)c(F)c1C. The van der Waals surface area contributed by atoms with Gasteiger partial charge in [0.2, 0.25) is 0 Å². The van der Waals surface area contributed by atoms with Gasteiger partial charge in [-0.05, 0) is 26.0 Å². The molecule has 1 aromatic rings. The van der Waals surface area contributed by atoms with Gasteiger partial charge in [0, 0.05) is 5.56 Å². The second kappa shape index (κ2) is 6.40. The molecule has 1 aromatic carbocycles. The van der Waals surface area contributed by atoms with Crippen molar-refractivity contribution in [3.05, 3.63) is 40.4 Å². The van der Waals surface area contributed by atoms with Crippen molar-refractivity contribution in [1.82, 2.24) is 0 Å². The van der Waals surface area contributed by atoms with E-state index in [1.807, 2.05) is 0 Å². The number of anilines is 1. The Morgan fingerprint density at radius 3 is 2.79 bits per heavy atom. The van der Waals surface area contributed by atoms with Gasteiger partial charge in [-0.25, -0.2) is 15.0 Å². The highest BCUT2D eigenvalue weighted by Crippen LogP contribution is 2.26. The number of ether oxygens (including phenoxy) is 1. The minimum absolute atomic E-state index is 0.00278. The third kappa shape index (κ3) is 3.59. The first kappa shape index (κ1) is 15.3. The van der Waals surface area contributed by atoms with Crippen LogP contribution in [0.25, 0.3) is 0 Å².